The standard InChI is InChI=1S/C13H24N2/c1-10-8-14-4-5-15(9-10)13-7-11-2-3-12(13)6-11/h10-14H,2-9H2,1H3. The van der Waals surface area contributed by atoms with Crippen LogP contribution >= 0.6 is 0 Å². The highest BCUT2D eigenvalue weighted by Gasteiger charge is 2.42. The molecule has 0 radical (unpaired) electrons. The van der Waals surface area contributed by atoms with Crippen LogP contribution in [0.1, 0.15) is 32.6 Å². The Hall–Kier alpha value is -0.0800. The summed E-state index contributed by atoms with van der Waals surface area (Å²) in [6, 6.07) is 0.950. The van der Waals surface area contributed by atoms with Gasteiger partial charge >= 0.3 is 0 Å². The fourth-order valence-electron chi connectivity index (χ4n) is 4.09. The summed E-state index contributed by atoms with van der Waals surface area (Å²) in [5.41, 5.74) is 0. The number of nitrogens with zero attached hydrogens (tertiary/aromatic N) is 1. The molecule has 2 saturated carbocycles. The number of rotatable bonds is 1. The van der Waals surface area contributed by atoms with Gasteiger partial charge in [0.15, 0.2) is 0 Å². The first-order chi connectivity index (χ1) is 7.33. The molecule has 1 aliphatic heterocycles. The molecule has 0 amide bonds. The number of nitrogens with one attached hydrogen (secondary N) is 1. The molecule has 86 valence electrons. The largest absolute Gasteiger partial charge is 0.315 e. The van der Waals surface area contributed by atoms with Crippen LogP contribution in [0.3, 0.4) is 0 Å². The molecule has 2 bridgehead atoms. The molecule has 2 aliphatic carbocycles. The first kappa shape index (κ1) is 10.1. The van der Waals surface area contributed by atoms with Crippen LogP contribution in [0.15, 0.2) is 0 Å². The summed E-state index contributed by atoms with van der Waals surface area (Å²) >= 11 is 0. The number of fused-ring (bicyclic) bond motifs is 2. The molecule has 4 unspecified atom stereocenters. The van der Waals surface area contributed by atoms with E-state index in [4.69, 9.17) is 0 Å². The fourth-order valence-corrected chi connectivity index (χ4v) is 4.09. The molecule has 4 atom stereocenters. The quantitative estimate of drug-likeness (QED) is 0.706. The summed E-state index contributed by atoms with van der Waals surface area (Å²) in [6.07, 6.45) is 6.11. The monoisotopic (exact) mass is 208 g/mol. The Morgan fingerprint density at radius 3 is 2.87 bits per heavy atom. The van der Waals surface area contributed by atoms with Crippen molar-refractivity contribution >= 4 is 0 Å². The molecule has 3 aliphatic rings. The Balaban J connectivity index is 1.65. The normalized spacial score (nSPS) is 47.0. The van der Waals surface area contributed by atoms with Gasteiger partial charge in [-0.2, -0.15) is 0 Å². The SMILES string of the molecule is CC1CNCCN(C2CC3CCC2C3)C1. The van der Waals surface area contributed by atoms with E-state index in [0.29, 0.717) is 0 Å². The van der Waals surface area contributed by atoms with Gasteiger partial charge in [-0.15, -0.1) is 0 Å². The van der Waals surface area contributed by atoms with Crippen molar-refractivity contribution in [3.63, 3.8) is 0 Å². The second-order valence-electron chi connectivity index (χ2n) is 6.05. The molecule has 3 fully saturated rings. The van der Waals surface area contributed by atoms with E-state index < -0.39 is 0 Å². The average Bonchev–Trinajstić information content (AvgIpc) is 2.78. The summed E-state index contributed by atoms with van der Waals surface area (Å²) < 4.78 is 0. The Labute approximate surface area is 93.4 Å². The summed E-state index contributed by atoms with van der Waals surface area (Å²) in [5.74, 6) is 2.98. The van der Waals surface area contributed by atoms with E-state index in [2.05, 4.69) is 17.1 Å². The van der Waals surface area contributed by atoms with Crippen LogP contribution in [0, 0.1) is 17.8 Å². The summed E-state index contributed by atoms with van der Waals surface area (Å²) in [7, 11) is 0. The van der Waals surface area contributed by atoms with Crippen LogP contribution in [0.25, 0.3) is 0 Å². The maximum atomic E-state index is 3.55. The van der Waals surface area contributed by atoms with Gasteiger partial charge in [0.2, 0.25) is 0 Å². The molecule has 2 nitrogen and oxygen atoms in total. The molecule has 1 heterocycles. The van der Waals surface area contributed by atoms with Crippen LogP contribution in [-0.4, -0.2) is 37.1 Å². The van der Waals surface area contributed by atoms with Crippen molar-refractivity contribution in [1.82, 2.24) is 10.2 Å². The fraction of sp³-hybridized carbons (Fsp3) is 1.00. The Morgan fingerprint density at radius 2 is 2.13 bits per heavy atom. The molecular weight excluding hydrogens is 184 g/mol. The lowest BCUT2D eigenvalue weighted by Crippen LogP contribution is -2.42. The third kappa shape index (κ3) is 1.94. The Bertz CT molecular complexity index is 229. The van der Waals surface area contributed by atoms with Crippen molar-refractivity contribution in [2.75, 3.05) is 26.2 Å². The minimum Gasteiger partial charge on any atom is -0.315 e. The van der Waals surface area contributed by atoms with Crippen molar-refractivity contribution in [3.8, 4) is 0 Å². The molecule has 2 heteroatoms. The molecule has 3 rings (SSSR count). The zero-order valence-electron chi connectivity index (χ0n) is 9.91. The lowest BCUT2D eigenvalue weighted by Gasteiger charge is -2.34. The lowest BCUT2D eigenvalue weighted by molar-refractivity contribution is 0.138. The van der Waals surface area contributed by atoms with Gasteiger partial charge in [-0.1, -0.05) is 13.3 Å². The molecule has 0 aromatic rings. The zero-order valence-corrected chi connectivity index (χ0v) is 9.91. The zero-order chi connectivity index (χ0) is 10.3. The minimum atomic E-state index is 0.839. The van der Waals surface area contributed by atoms with Gasteiger partial charge in [0.25, 0.3) is 0 Å². The van der Waals surface area contributed by atoms with Gasteiger partial charge < -0.3 is 5.32 Å². The smallest absolute Gasteiger partial charge is 0.0127 e. The third-order valence-electron chi connectivity index (χ3n) is 4.78. The Morgan fingerprint density at radius 1 is 1.20 bits per heavy atom. The maximum Gasteiger partial charge on any atom is 0.0127 e. The second kappa shape index (κ2) is 4.06. The number of hydrogen-bond acceptors (Lipinski definition) is 2. The van der Waals surface area contributed by atoms with E-state index in [9.17, 15) is 0 Å². The van der Waals surface area contributed by atoms with E-state index in [-0.39, 0.29) is 0 Å². The van der Waals surface area contributed by atoms with Gasteiger partial charge in [0.05, 0.1) is 0 Å². The first-order valence-electron chi connectivity index (χ1n) is 6.77. The molecule has 1 saturated heterocycles. The molecule has 0 aromatic carbocycles. The highest BCUT2D eigenvalue weighted by Crippen LogP contribution is 2.46. The van der Waals surface area contributed by atoms with Crippen molar-refractivity contribution < 1.29 is 0 Å². The van der Waals surface area contributed by atoms with Crippen molar-refractivity contribution in [3.05, 3.63) is 0 Å². The van der Waals surface area contributed by atoms with Crippen molar-refractivity contribution in [2.45, 2.75) is 38.6 Å². The van der Waals surface area contributed by atoms with Crippen LogP contribution in [0.4, 0.5) is 0 Å². The maximum absolute atomic E-state index is 3.55. The highest BCUT2D eigenvalue weighted by atomic mass is 15.2. The average molecular weight is 208 g/mol. The molecule has 15 heavy (non-hydrogen) atoms. The predicted molar refractivity (Wildman–Crippen MR) is 62.8 cm³/mol. The van der Waals surface area contributed by atoms with Gasteiger partial charge in [-0.05, 0) is 43.6 Å². The van der Waals surface area contributed by atoms with E-state index in [1.54, 1.807) is 6.42 Å². The summed E-state index contributed by atoms with van der Waals surface area (Å²) in [4.78, 5) is 2.80. The van der Waals surface area contributed by atoms with E-state index >= 15 is 0 Å². The van der Waals surface area contributed by atoms with Crippen LogP contribution in [0.5, 0.6) is 0 Å². The Kier molecular flexibility index (Phi) is 2.73. The third-order valence-corrected chi connectivity index (χ3v) is 4.78. The molecule has 0 spiro atoms. The molecule has 0 aromatic heterocycles. The van der Waals surface area contributed by atoms with Crippen LogP contribution < -0.4 is 5.32 Å². The number of hydrogen-bond donors (Lipinski definition) is 1. The van der Waals surface area contributed by atoms with E-state index in [1.165, 1.54) is 45.4 Å². The topological polar surface area (TPSA) is 15.3 Å². The van der Waals surface area contributed by atoms with Gasteiger partial charge in [-0.3, -0.25) is 4.90 Å². The molecule has 1 N–H and O–H groups in total. The summed E-state index contributed by atoms with van der Waals surface area (Å²) in [6.45, 7) is 7.44. The predicted octanol–water partition coefficient (Wildman–Crippen LogP) is 1.72. The van der Waals surface area contributed by atoms with Crippen molar-refractivity contribution in [2.24, 2.45) is 17.8 Å². The van der Waals surface area contributed by atoms with Gasteiger partial charge in [0, 0.05) is 25.7 Å². The van der Waals surface area contributed by atoms with E-state index in [0.717, 1.165) is 23.8 Å². The highest BCUT2D eigenvalue weighted by molar-refractivity contribution is 4.96. The summed E-state index contributed by atoms with van der Waals surface area (Å²) in [5, 5.41) is 3.55. The van der Waals surface area contributed by atoms with Gasteiger partial charge in [0.1, 0.15) is 0 Å². The lowest BCUT2D eigenvalue weighted by atomic mass is 9.93. The van der Waals surface area contributed by atoms with Crippen molar-refractivity contribution in [1.29, 1.82) is 0 Å². The van der Waals surface area contributed by atoms with Crippen LogP contribution in [0.2, 0.25) is 0 Å². The second-order valence-corrected chi connectivity index (χ2v) is 6.05. The van der Waals surface area contributed by atoms with Gasteiger partial charge in [-0.25, -0.2) is 0 Å². The minimum absolute atomic E-state index is 0.839. The van der Waals surface area contributed by atoms with Crippen LogP contribution in [-0.2, 0) is 0 Å². The first-order valence-corrected chi connectivity index (χ1v) is 6.77. The van der Waals surface area contributed by atoms with E-state index in [1.807, 2.05) is 0 Å². The molecular formula is C13H24N2.